The van der Waals surface area contributed by atoms with E-state index in [1.54, 1.807) is 0 Å². The summed E-state index contributed by atoms with van der Waals surface area (Å²) in [4.78, 5) is 22.5. The summed E-state index contributed by atoms with van der Waals surface area (Å²) in [5, 5.41) is 0. The van der Waals surface area contributed by atoms with Crippen LogP contribution in [0.2, 0.25) is 0 Å². The van der Waals surface area contributed by atoms with Crippen molar-refractivity contribution in [1.29, 1.82) is 0 Å². The van der Waals surface area contributed by atoms with E-state index in [0.717, 1.165) is 55.6 Å². The number of hydrogen-bond donors (Lipinski definition) is 1. The Balaban J connectivity index is 0.000000337. The lowest BCUT2D eigenvalue weighted by atomic mass is 9.97. The van der Waals surface area contributed by atoms with Gasteiger partial charge >= 0.3 is 0 Å². The van der Waals surface area contributed by atoms with Gasteiger partial charge in [-0.1, -0.05) is 90.6 Å². The molecule has 1 heterocycles. The van der Waals surface area contributed by atoms with E-state index < -0.39 is 0 Å². The predicted molar refractivity (Wildman–Crippen MR) is 157 cm³/mol. The van der Waals surface area contributed by atoms with Gasteiger partial charge in [-0.05, 0) is 63.3 Å². The molecule has 4 heteroatoms. The molecular formula is C32H51N3O. The van der Waals surface area contributed by atoms with E-state index in [-0.39, 0.29) is 5.92 Å². The summed E-state index contributed by atoms with van der Waals surface area (Å²) >= 11 is 0. The van der Waals surface area contributed by atoms with Crippen molar-refractivity contribution >= 4 is 16.9 Å². The van der Waals surface area contributed by atoms with Crippen molar-refractivity contribution < 1.29 is 4.79 Å². The molecule has 0 saturated carbocycles. The summed E-state index contributed by atoms with van der Waals surface area (Å²) in [6, 6.07) is 14.5. The molecule has 0 fully saturated rings. The van der Waals surface area contributed by atoms with E-state index in [0.29, 0.717) is 5.91 Å². The molecule has 1 amide bonds. The van der Waals surface area contributed by atoms with E-state index >= 15 is 0 Å². The number of fused-ring (bicyclic) bond motifs is 1. The number of rotatable bonds is 11. The highest BCUT2D eigenvalue weighted by Gasteiger charge is 2.21. The van der Waals surface area contributed by atoms with Crippen LogP contribution in [0.3, 0.4) is 0 Å². The van der Waals surface area contributed by atoms with Gasteiger partial charge in [0, 0.05) is 24.6 Å². The minimum Gasteiger partial charge on any atom is -0.342 e. The van der Waals surface area contributed by atoms with Crippen molar-refractivity contribution in [1.82, 2.24) is 14.9 Å². The number of carbonyl (C=O) groups excluding carboxylic acids is 1. The minimum atomic E-state index is 0.262. The Labute approximate surface area is 220 Å². The Hall–Kier alpha value is -2.62. The number of amides is 1. The number of hydrogen-bond acceptors (Lipinski definition) is 2. The number of aromatic nitrogens is 2. The van der Waals surface area contributed by atoms with Crippen molar-refractivity contribution in [2.24, 2.45) is 5.92 Å². The summed E-state index contributed by atoms with van der Waals surface area (Å²) < 4.78 is 0. The standard InChI is InChI=1S/C15H14N2.C15H31NO.C2H6/c1-10-7-8-11(2)12(9-10)15-16-13-5-3-4-6-14(13)17-15;1-5-9-11-14(8-4)15(17)16(12-7-3)13-10-6-2;1-2/h3-9H,1-2H3,(H,16,17);14H,5-13H2,1-4H3;1-2H3. The molecule has 2 aromatic carbocycles. The van der Waals surface area contributed by atoms with Crippen LogP contribution in [0.15, 0.2) is 42.5 Å². The third-order valence-corrected chi connectivity index (χ3v) is 6.37. The van der Waals surface area contributed by atoms with Gasteiger partial charge < -0.3 is 9.88 Å². The van der Waals surface area contributed by atoms with Crippen LogP contribution < -0.4 is 0 Å². The molecule has 200 valence electrons. The SMILES string of the molecule is CC.CCCCC(CC)C(=O)N(CCC)CCCC.Cc1ccc(C)c(-c2nc3ccccc3[nH]2)c1. The van der Waals surface area contributed by atoms with Crippen LogP contribution in [-0.2, 0) is 4.79 Å². The third kappa shape index (κ3) is 9.79. The summed E-state index contributed by atoms with van der Waals surface area (Å²) in [6.07, 6.45) is 7.79. The van der Waals surface area contributed by atoms with Crippen LogP contribution >= 0.6 is 0 Å². The number of para-hydroxylation sites is 2. The maximum atomic E-state index is 12.4. The fourth-order valence-corrected chi connectivity index (χ4v) is 4.23. The smallest absolute Gasteiger partial charge is 0.225 e. The molecule has 1 aromatic heterocycles. The van der Waals surface area contributed by atoms with E-state index in [4.69, 9.17) is 0 Å². The highest BCUT2D eigenvalue weighted by molar-refractivity contribution is 5.80. The Morgan fingerprint density at radius 1 is 0.917 bits per heavy atom. The van der Waals surface area contributed by atoms with Gasteiger partial charge in [-0.3, -0.25) is 4.79 Å². The van der Waals surface area contributed by atoms with Crippen molar-refractivity contribution in [2.45, 2.75) is 100 Å². The maximum Gasteiger partial charge on any atom is 0.225 e. The molecule has 36 heavy (non-hydrogen) atoms. The number of aromatic amines is 1. The lowest BCUT2D eigenvalue weighted by Crippen LogP contribution is -2.37. The van der Waals surface area contributed by atoms with Crippen LogP contribution in [0, 0.1) is 19.8 Å². The number of imidazole rings is 1. The van der Waals surface area contributed by atoms with Crippen molar-refractivity contribution in [3.05, 3.63) is 53.6 Å². The number of benzene rings is 2. The van der Waals surface area contributed by atoms with Gasteiger partial charge in [0.25, 0.3) is 0 Å². The fraction of sp³-hybridized carbons (Fsp3) is 0.562. The zero-order chi connectivity index (χ0) is 26.9. The van der Waals surface area contributed by atoms with Crippen LogP contribution in [-0.4, -0.2) is 33.9 Å². The van der Waals surface area contributed by atoms with Gasteiger partial charge in [0.05, 0.1) is 11.0 Å². The van der Waals surface area contributed by atoms with Crippen LogP contribution in [0.5, 0.6) is 0 Å². The zero-order valence-electron chi connectivity index (χ0n) is 24.3. The van der Waals surface area contributed by atoms with Gasteiger partial charge in [-0.15, -0.1) is 0 Å². The Bertz CT molecular complexity index is 975. The number of aryl methyl sites for hydroxylation is 2. The molecule has 1 N–H and O–H groups in total. The molecule has 3 rings (SSSR count). The normalized spacial score (nSPS) is 11.2. The molecule has 1 atom stereocenters. The Kier molecular flexibility index (Phi) is 15.5. The molecule has 0 radical (unpaired) electrons. The fourth-order valence-electron chi connectivity index (χ4n) is 4.23. The molecule has 0 bridgehead atoms. The van der Waals surface area contributed by atoms with Crippen LogP contribution in [0.4, 0.5) is 0 Å². The molecule has 4 nitrogen and oxygen atoms in total. The molecule has 0 aliphatic carbocycles. The van der Waals surface area contributed by atoms with Crippen molar-refractivity contribution in [3.63, 3.8) is 0 Å². The lowest BCUT2D eigenvalue weighted by Gasteiger charge is -2.26. The van der Waals surface area contributed by atoms with E-state index in [2.05, 4.69) is 80.7 Å². The molecule has 0 aliphatic heterocycles. The number of carbonyl (C=O) groups is 1. The monoisotopic (exact) mass is 493 g/mol. The van der Waals surface area contributed by atoms with Crippen LogP contribution in [0.1, 0.15) is 97.6 Å². The quantitative estimate of drug-likeness (QED) is 0.289. The second-order valence-electron chi connectivity index (χ2n) is 9.35. The Morgan fingerprint density at radius 3 is 2.22 bits per heavy atom. The summed E-state index contributed by atoms with van der Waals surface area (Å²) in [6.45, 7) is 18.8. The predicted octanol–water partition coefficient (Wildman–Crippen LogP) is 9.11. The topological polar surface area (TPSA) is 49.0 Å². The molecular weight excluding hydrogens is 442 g/mol. The average molecular weight is 494 g/mol. The first kappa shape index (κ1) is 31.4. The molecule has 0 saturated heterocycles. The average Bonchev–Trinajstić information content (AvgIpc) is 3.34. The summed E-state index contributed by atoms with van der Waals surface area (Å²) in [5.74, 6) is 1.61. The van der Waals surface area contributed by atoms with E-state index in [1.807, 2.05) is 32.0 Å². The van der Waals surface area contributed by atoms with E-state index in [9.17, 15) is 4.79 Å². The maximum absolute atomic E-state index is 12.4. The first-order valence-electron chi connectivity index (χ1n) is 14.3. The Morgan fingerprint density at radius 2 is 1.61 bits per heavy atom. The second-order valence-corrected chi connectivity index (χ2v) is 9.35. The van der Waals surface area contributed by atoms with E-state index in [1.165, 1.54) is 36.0 Å². The largest absolute Gasteiger partial charge is 0.342 e. The highest BCUT2D eigenvalue weighted by Crippen LogP contribution is 2.24. The van der Waals surface area contributed by atoms with Gasteiger partial charge in [-0.25, -0.2) is 4.98 Å². The number of nitrogens with one attached hydrogen (secondary N) is 1. The molecule has 0 spiro atoms. The lowest BCUT2D eigenvalue weighted by molar-refractivity contribution is -0.136. The molecule has 0 aliphatic rings. The molecule has 1 unspecified atom stereocenters. The summed E-state index contributed by atoms with van der Waals surface area (Å²) in [5.41, 5.74) is 5.79. The summed E-state index contributed by atoms with van der Waals surface area (Å²) in [7, 11) is 0. The minimum absolute atomic E-state index is 0.262. The molecule has 3 aromatic rings. The van der Waals surface area contributed by atoms with Gasteiger partial charge in [0.1, 0.15) is 5.82 Å². The second kappa shape index (κ2) is 17.8. The first-order chi connectivity index (χ1) is 17.4. The zero-order valence-corrected chi connectivity index (χ0v) is 24.3. The first-order valence-corrected chi connectivity index (χ1v) is 14.3. The highest BCUT2D eigenvalue weighted by atomic mass is 16.2. The number of H-pyrrole nitrogens is 1. The number of unbranched alkanes of at least 4 members (excludes halogenated alkanes) is 2. The van der Waals surface area contributed by atoms with Crippen molar-refractivity contribution in [3.8, 4) is 11.4 Å². The third-order valence-electron chi connectivity index (χ3n) is 6.37. The van der Waals surface area contributed by atoms with Gasteiger partial charge in [0.15, 0.2) is 0 Å². The van der Waals surface area contributed by atoms with Gasteiger partial charge in [-0.2, -0.15) is 0 Å². The van der Waals surface area contributed by atoms with Gasteiger partial charge in [0.2, 0.25) is 5.91 Å². The van der Waals surface area contributed by atoms with Crippen molar-refractivity contribution in [2.75, 3.05) is 13.1 Å². The van der Waals surface area contributed by atoms with Crippen LogP contribution in [0.25, 0.3) is 22.4 Å². The number of nitrogens with zero attached hydrogens (tertiary/aromatic N) is 2.